The van der Waals surface area contributed by atoms with Crippen molar-refractivity contribution >= 4 is 39.4 Å². The second kappa shape index (κ2) is 7.14. The molecule has 2 atom stereocenters. The Hall–Kier alpha value is -2.52. The van der Waals surface area contributed by atoms with E-state index in [2.05, 4.69) is 15.6 Å². The first-order valence-electron chi connectivity index (χ1n) is 9.47. The molecule has 0 aliphatic carbocycles. The maximum atomic E-state index is 12.6. The number of nitrogens with one attached hydrogen (secondary N) is 2. The second-order valence-electron chi connectivity index (χ2n) is 7.44. The van der Waals surface area contributed by atoms with Gasteiger partial charge in [-0.05, 0) is 44.9 Å². The lowest BCUT2D eigenvalue weighted by atomic mass is 10.00. The number of nitrogens with zero attached hydrogens (tertiary/aromatic N) is 3. The summed E-state index contributed by atoms with van der Waals surface area (Å²) in [5, 5.41) is 4.43. The number of urea groups is 1. The van der Waals surface area contributed by atoms with Gasteiger partial charge in [-0.3, -0.25) is 19.9 Å². The van der Waals surface area contributed by atoms with Crippen LogP contribution in [0.4, 0.5) is 4.79 Å². The van der Waals surface area contributed by atoms with Gasteiger partial charge in [0.1, 0.15) is 10.5 Å². The van der Waals surface area contributed by atoms with Crippen molar-refractivity contribution in [3.8, 4) is 0 Å². The second-order valence-corrected chi connectivity index (χ2v) is 8.50. The Morgan fingerprint density at radius 2 is 2.18 bits per heavy atom. The molecule has 2 fully saturated rings. The Morgan fingerprint density at radius 3 is 2.89 bits per heavy atom. The molecule has 1 aromatic carbocycles. The Labute approximate surface area is 166 Å². The molecular formula is C19H23N5O3S. The number of carbonyl (C=O) groups excluding carboxylic acids is 3. The molecule has 2 aliphatic rings. The van der Waals surface area contributed by atoms with Gasteiger partial charge in [-0.15, -0.1) is 11.3 Å². The summed E-state index contributed by atoms with van der Waals surface area (Å²) in [5.74, 6) is -0.811. The molecular weight excluding hydrogens is 378 g/mol. The third kappa shape index (κ3) is 3.24. The molecule has 0 unspecified atom stereocenters. The number of aromatic nitrogens is 1. The first kappa shape index (κ1) is 18.8. The van der Waals surface area contributed by atoms with Crippen molar-refractivity contribution in [1.82, 2.24) is 25.6 Å². The van der Waals surface area contributed by atoms with Crippen LogP contribution >= 0.6 is 11.3 Å². The number of rotatable bonds is 5. The smallest absolute Gasteiger partial charge is 0.322 e. The van der Waals surface area contributed by atoms with E-state index < -0.39 is 17.5 Å². The monoisotopic (exact) mass is 401 g/mol. The maximum Gasteiger partial charge on any atom is 0.344 e. The number of carbonyl (C=O) groups is 3. The summed E-state index contributed by atoms with van der Waals surface area (Å²) in [6.45, 7) is 4.36. The number of imide groups is 1. The molecule has 2 N–H and O–H groups in total. The summed E-state index contributed by atoms with van der Waals surface area (Å²) in [6, 6.07) is 7.48. The molecule has 3 heterocycles. The van der Waals surface area contributed by atoms with Gasteiger partial charge in [0.2, 0.25) is 0 Å². The topological polar surface area (TPSA) is 94.6 Å². The number of amides is 4. The summed E-state index contributed by atoms with van der Waals surface area (Å²) in [5.41, 5.74) is 2.47. The molecule has 2 aliphatic heterocycles. The normalized spacial score (nSPS) is 25.5. The van der Waals surface area contributed by atoms with Crippen molar-refractivity contribution < 1.29 is 14.4 Å². The van der Waals surface area contributed by atoms with Crippen LogP contribution in [0.15, 0.2) is 24.3 Å². The van der Waals surface area contributed by atoms with Gasteiger partial charge in [0.15, 0.2) is 0 Å². The molecule has 28 heavy (non-hydrogen) atoms. The number of benzene rings is 1. The van der Waals surface area contributed by atoms with Gasteiger partial charge in [-0.2, -0.15) is 5.01 Å². The lowest BCUT2D eigenvalue weighted by Crippen LogP contribution is -2.51. The van der Waals surface area contributed by atoms with Crippen LogP contribution in [-0.2, 0) is 9.59 Å². The van der Waals surface area contributed by atoms with E-state index in [1.54, 1.807) is 18.3 Å². The van der Waals surface area contributed by atoms with E-state index in [1.165, 1.54) is 0 Å². The zero-order chi connectivity index (χ0) is 19.9. The average Bonchev–Trinajstić information content (AvgIpc) is 3.35. The van der Waals surface area contributed by atoms with Gasteiger partial charge in [-0.1, -0.05) is 19.1 Å². The Balaban J connectivity index is 1.44. The molecule has 0 radical (unpaired) electrons. The molecule has 2 saturated heterocycles. The van der Waals surface area contributed by atoms with Crippen LogP contribution in [0.25, 0.3) is 10.2 Å². The van der Waals surface area contributed by atoms with E-state index in [-0.39, 0.29) is 18.5 Å². The van der Waals surface area contributed by atoms with E-state index in [0.29, 0.717) is 6.42 Å². The van der Waals surface area contributed by atoms with Gasteiger partial charge < -0.3 is 5.32 Å². The van der Waals surface area contributed by atoms with Crippen molar-refractivity contribution in [3.05, 3.63) is 29.3 Å². The Kier molecular flexibility index (Phi) is 4.80. The highest BCUT2D eigenvalue weighted by Gasteiger charge is 2.47. The molecule has 0 bridgehead atoms. The third-order valence-electron chi connectivity index (χ3n) is 5.51. The number of fused-ring (bicyclic) bond motifs is 1. The predicted molar refractivity (Wildman–Crippen MR) is 105 cm³/mol. The molecule has 8 nitrogen and oxygen atoms in total. The predicted octanol–water partition coefficient (Wildman–Crippen LogP) is 2.18. The highest BCUT2D eigenvalue weighted by atomic mass is 32.1. The Bertz CT molecular complexity index is 912. The Morgan fingerprint density at radius 1 is 1.39 bits per heavy atom. The lowest BCUT2D eigenvalue weighted by Gasteiger charge is -2.24. The molecule has 148 valence electrons. The minimum atomic E-state index is -0.971. The SMILES string of the molecule is CC[C@@]1(C)NC(=O)N(NC(=O)CN2CCC[C@@H]2c2nc3ccccc3s2)C1=O. The number of hydrogen-bond donors (Lipinski definition) is 2. The van der Waals surface area contributed by atoms with Gasteiger partial charge in [-0.25, -0.2) is 9.78 Å². The van der Waals surface area contributed by atoms with E-state index in [9.17, 15) is 14.4 Å². The fourth-order valence-corrected chi connectivity index (χ4v) is 4.83. The van der Waals surface area contributed by atoms with E-state index in [4.69, 9.17) is 4.98 Å². The van der Waals surface area contributed by atoms with Crippen molar-refractivity contribution in [2.24, 2.45) is 0 Å². The summed E-state index contributed by atoms with van der Waals surface area (Å²) >= 11 is 1.65. The lowest BCUT2D eigenvalue weighted by molar-refractivity contribution is -0.139. The standard InChI is InChI=1S/C19H23N5O3S/c1-3-19(2)17(26)24(18(27)21-19)22-15(25)11-23-10-6-8-13(23)16-20-12-7-4-5-9-14(12)28-16/h4-5,7,9,13H,3,6,8,10-11H2,1-2H3,(H,21,27)(H,22,25)/t13-,19-/m1/s1. The van der Waals surface area contributed by atoms with Crippen molar-refractivity contribution in [3.63, 3.8) is 0 Å². The maximum absolute atomic E-state index is 12.6. The van der Waals surface area contributed by atoms with Gasteiger partial charge in [0.25, 0.3) is 11.8 Å². The molecule has 2 aromatic rings. The van der Waals surface area contributed by atoms with Crippen molar-refractivity contribution in [2.45, 2.75) is 44.7 Å². The fourth-order valence-electron chi connectivity index (χ4n) is 3.70. The largest absolute Gasteiger partial charge is 0.344 e. The quantitative estimate of drug-likeness (QED) is 0.749. The van der Waals surface area contributed by atoms with Crippen LogP contribution in [0.5, 0.6) is 0 Å². The van der Waals surface area contributed by atoms with Crippen molar-refractivity contribution in [2.75, 3.05) is 13.1 Å². The van der Waals surface area contributed by atoms with Crippen LogP contribution in [0.3, 0.4) is 0 Å². The summed E-state index contributed by atoms with van der Waals surface area (Å²) in [4.78, 5) is 43.8. The molecule has 4 amide bonds. The van der Waals surface area contributed by atoms with Gasteiger partial charge in [0.05, 0.1) is 22.8 Å². The van der Waals surface area contributed by atoms with Crippen molar-refractivity contribution in [1.29, 1.82) is 0 Å². The van der Waals surface area contributed by atoms with Crippen LogP contribution in [0.1, 0.15) is 44.2 Å². The minimum Gasteiger partial charge on any atom is -0.322 e. The molecule has 4 rings (SSSR count). The molecule has 0 spiro atoms. The number of likely N-dealkylation sites (tertiary alicyclic amines) is 1. The summed E-state index contributed by atoms with van der Waals surface area (Å²) < 4.78 is 1.13. The highest BCUT2D eigenvalue weighted by molar-refractivity contribution is 7.18. The zero-order valence-electron chi connectivity index (χ0n) is 15.9. The zero-order valence-corrected chi connectivity index (χ0v) is 16.7. The van der Waals surface area contributed by atoms with E-state index >= 15 is 0 Å². The number of hydrazine groups is 1. The summed E-state index contributed by atoms with van der Waals surface area (Å²) in [6.07, 6.45) is 2.37. The first-order chi connectivity index (χ1) is 13.4. The summed E-state index contributed by atoms with van der Waals surface area (Å²) in [7, 11) is 0. The molecule has 0 saturated carbocycles. The highest BCUT2D eigenvalue weighted by Crippen LogP contribution is 2.36. The van der Waals surface area contributed by atoms with E-state index in [1.807, 2.05) is 31.2 Å². The molecule has 1 aromatic heterocycles. The minimum absolute atomic E-state index is 0.0761. The van der Waals surface area contributed by atoms with Gasteiger partial charge in [0, 0.05) is 0 Å². The average molecular weight is 401 g/mol. The van der Waals surface area contributed by atoms with Gasteiger partial charge >= 0.3 is 6.03 Å². The fraction of sp³-hybridized carbons (Fsp3) is 0.474. The van der Waals surface area contributed by atoms with Crippen LogP contribution in [0.2, 0.25) is 0 Å². The van der Waals surface area contributed by atoms with E-state index in [0.717, 1.165) is 39.6 Å². The number of hydrogen-bond acceptors (Lipinski definition) is 6. The van der Waals surface area contributed by atoms with Crippen LogP contribution < -0.4 is 10.7 Å². The third-order valence-corrected chi connectivity index (χ3v) is 6.65. The first-order valence-corrected chi connectivity index (χ1v) is 10.3. The van der Waals surface area contributed by atoms with Crippen LogP contribution in [-0.4, -0.2) is 51.4 Å². The number of thiazole rings is 1. The number of para-hydroxylation sites is 1. The van der Waals surface area contributed by atoms with Crippen LogP contribution in [0, 0.1) is 0 Å². The molecule has 9 heteroatoms.